The molecule has 0 aliphatic carbocycles. The fraction of sp³-hybridized carbons (Fsp3) is 0.100. The fourth-order valence-corrected chi connectivity index (χ4v) is 2.21. The van der Waals surface area contributed by atoms with Crippen molar-refractivity contribution in [1.29, 1.82) is 0 Å². The molecule has 2 aromatic rings. The van der Waals surface area contributed by atoms with E-state index in [1.54, 1.807) is 18.2 Å². The third-order valence-electron chi connectivity index (χ3n) is 3.34. The molecule has 0 fully saturated rings. The largest absolute Gasteiger partial charge is 0.344 e. The van der Waals surface area contributed by atoms with Gasteiger partial charge >= 0.3 is 0 Å². The lowest BCUT2D eigenvalue weighted by Gasteiger charge is -2.10. The second-order valence-corrected chi connectivity index (χ2v) is 5.51. The Morgan fingerprint density at radius 1 is 1.17 bits per heavy atom. The number of nitrogens with one attached hydrogen (secondary N) is 1. The quantitative estimate of drug-likeness (QED) is 0.322. The first-order chi connectivity index (χ1) is 11.7. The third-order valence-corrected chi connectivity index (χ3v) is 3.59. The summed E-state index contributed by atoms with van der Waals surface area (Å²) in [7, 11) is 0. The number of carbonyl (C=O) groups excluding carboxylic acids is 1. The van der Waals surface area contributed by atoms with E-state index in [1.807, 2.05) is 49.4 Å². The number of hydrogen-bond acceptors (Lipinski definition) is 2. The first-order valence-corrected chi connectivity index (χ1v) is 8.02. The van der Waals surface area contributed by atoms with Crippen LogP contribution in [0.25, 0.3) is 5.70 Å². The normalized spacial score (nSPS) is 11.9. The van der Waals surface area contributed by atoms with Gasteiger partial charge in [0.25, 0.3) is 0 Å². The minimum atomic E-state index is 0.643. The Morgan fingerprint density at radius 3 is 2.38 bits per heavy atom. The molecule has 0 amide bonds. The lowest BCUT2D eigenvalue weighted by Crippen LogP contribution is -2.11. The maximum atomic E-state index is 10.7. The minimum Gasteiger partial charge on any atom is -0.344 e. The molecule has 122 valence electrons. The number of aldehydes is 1. The van der Waals surface area contributed by atoms with Crippen LogP contribution >= 0.6 is 11.6 Å². The Hall–Kier alpha value is -2.65. The average molecular weight is 339 g/mol. The van der Waals surface area contributed by atoms with Crippen LogP contribution in [-0.2, 0) is 0 Å². The summed E-state index contributed by atoms with van der Waals surface area (Å²) in [6.07, 6.45) is 5.12. The van der Waals surface area contributed by atoms with Crippen LogP contribution in [0.15, 0.2) is 72.3 Å². The maximum absolute atomic E-state index is 10.7. The Balaban J connectivity index is 2.27. The molecule has 0 unspecified atom stereocenters. The van der Waals surface area contributed by atoms with Crippen molar-refractivity contribution < 1.29 is 4.79 Å². The van der Waals surface area contributed by atoms with Crippen molar-refractivity contribution >= 4 is 35.1 Å². The number of carbonyl (C=O) groups is 1. The number of anilines is 1. The summed E-state index contributed by atoms with van der Waals surface area (Å²) >= 11 is 5.95. The Labute approximate surface area is 147 Å². The van der Waals surface area contributed by atoms with Crippen LogP contribution in [0.2, 0.25) is 5.02 Å². The van der Waals surface area contributed by atoms with Crippen LogP contribution in [0.4, 0.5) is 5.69 Å². The molecular formula is C20H19ClN2O. The van der Waals surface area contributed by atoms with Gasteiger partial charge < -0.3 is 5.32 Å². The summed E-state index contributed by atoms with van der Waals surface area (Å²) in [5, 5.41) is 3.97. The molecule has 1 N–H and O–H groups in total. The number of halogens is 1. The van der Waals surface area contributed by atoms with Crippen LogP contribution in [0.3, 0.4) is 0 Å². The van der Waals surface area contributed by atoms with Crippen molar-refractivity contribution in [3.8, 4) is 0 Å². The second kappa shape index (κ2) is 8.85. The zero-order valence-electron chi connectivity index (χ0n) is 13.5. The van der Waals surface area contributed by atoms with Crippen LogP contribution < -0.4 is 5.32 Å². The van der Waals surface area contributed by atoms with Gasteiger partial charge in [-0.3, -0.25) is 4.79 Å². The van der Waals surface area contributed by atoms with Gasteiger partial charge in [0.05, 0.1) is 5.70 Å². The summed E-state index contributed by atoms with van der Waals surface area (Å²) in [5.74, 6) is 0.817. The standard InChI is InChI=1S/C20H19ClN2O/c1-3-5-19(16-8-10-17(21)11-9-16)23-20(4-2)22-18-12-6-15(14-24)7-13-18/h3,5-14H,1,4H2,2H3,(H,22,23)/b19-5-. The maximum Gasteiger partial charge on any atom is 0.150 e. The molecule has 4 heteroatoms. The molecular weight excluding hydrogens is 320 g/mol. The number of hydrogen-bond donors (Lipinski definition) is 1. The molecule has 0 saturated carbocycles. The van der Waals surface area contributed by atoms with Crippen molar-refractivity contribution in [3.05, 3.63) is 83.4 Å². The van der Waals surface area contributed by atoms with Gasteiger partial charge in [0, 0.05) is 28.3 Å². The first kappa shape index (κ1) is 17.7. The van der Waals surface area contributed by atoms with E-state index in [-0.39, 0.29) is 0 Å². The summed E-state index contributed by atoms with van der Waals surface area (Å²) in [6.45, 7) is 5.78. The van der Waals surface area contributed by atoms with E-state index >= 15 is 0 Å². The summed E-state index contributed by atoms with van der Waals surface area (Å²) < 4.78 is 0. The van der Waals surface area contributed by atoms with Gasteiger partial charge in [-0.25, -0.2) is 4.99 Å². The van der Waals surface area contributed by atoms with Gasteiger partial charge in [-0.1, -0.05) is 43.3 Å². The highest BCUT2D eigenvalue weighted by atomic mass is 35.5. The van der Waals surface area contributed by atoms with Crippen molar-refractivity contribution in [2.45, 2.75) is 13.3 Å². The van der Waals surface area contributed by atoms with E-state index in [0.29, 0.717) is 10.6 Å². The second-order valence-electron chi connectivity index (χ2n) is 5.07. The van der Waals surface area contributed by atoms with Gasteiger partial charge in [0.15, 0.2) is 0 Å². The van der Waals surface area contributed by atoms with E-state index in [1.165, 1.54) is 0 Å². The zero-order valence-corrected chi connectivity index (χ0v) is 14.3. The molecule has 3 nitrogen and oxygen atoms in total. The van der Waals surface area contributed by atoms with Gasteiger partial charge in [0.2, 0.25) is 0 Å². The lowest BCUT2D eigenvalue weighted by atomic mass is 10.1. The van der Waals surface area contributed by atoms with E-state index < -0.39 is 0 Å². The smallest absolute Gasteiger partial charge is 0.150 e. The Kier molecular flexibility index (Phi) is 6.52. The molecule has 0 atom stereocenters. The minimum absolute atomic E-state index is 0.643. The first-order valence-electron chi connectivity index (χ1n) is 7.64. The van der Waals surface area contributed by atoms with E-state index in [9.17, 15) is 4.79 Å². The number of allylic oxidation sites excluding steroid dienone is 2. The van der Waals surface area contributed by atoms with Crippen molar-refractivity contribution in [3.63, 3.8) is 0 Å². The van der Waals surface area contributed by atoms with E-state index in [4.69, 9.17) is 16.6 Å². The summed E-state index contributed by atoms with van der Waals surface area (Å²) in [4.78, 5) is 15.4. The molecule has 2 aromatic carbocycles. The molecule has 24 heavy (non-hydrogen) atoms. The highest BCUT2D eigenvalue weighted by Crippen LogP contribution is 2.20. The van der Waals surface area contributed by atoms with E-state index in [2.05, 4.69) is 11.9 Å². The van der Waals surface area contributed by atoms with Crippen LogP contribution in [-0.4, -0.2) is 12.1 Å². The highest BCUT2D eigenvalue weighted by molar-refractivity contribution is 6.30. The lowest BCUT2D eigenvalue weighted by molar-refractivity contribution is 0.112. The van der Waals surface area contributed by atoms with Gasteiger partial charge in [-0.05, 0) is 42.5 Å². The fourth-order valence-electron chi connectivity index (χ4n) is 2.08. The molecule has 0 bridgehead atoms. The number of rotatable bonds is 6. The average Bonchev–Trinajstić information content (AvgIpc) is 2.62. The highest BCUT2D eigenvalue weighted by Gasteiger charge is 2.03. The molecule has 2 rings (SSSR count). The number of benzene rings is 2. The van der Waals surface area contributed by atoms with Gasteiger partial charge in [-0.2, -0.15) is 0 Å². The van der Waals surface area contributed by atoms with Crippen LogP contribution in [0.5, 0.6) is 0 Å². The monoisotopic (exact) mass is 338 g/mol. The van der Waals surface area contributed by atoms with Crippen LogP contribution in [0.1, 0.15) is 29.3 Å². The van der Waals surface area contributed by atoms with Gasteiger partial charge in [0.1, 0.15) is 12.1 Å². The van der Waals surface area contributed by atoms with E-state index in [0.717, 1.165) is 35.5 Å². The molecule has 0 saturated heterocycles. The van der Waals surface area contributed by atoms with Gasteiger partial charge in [-0.15, -0.1) is 0 Å². The molecule has 0 aromatic heterocycles. The zero-order chi connectivity index (χ0) is 17.4. The topological polar surface area (TPSA) is 41.5 Å². The van der Waals surface area contributed by atoms with Crippen molar-refractivity contribution in [2.75, 3.05) is 5.32 Å². The summed E-state index contributed by atoms with van der Waals surface area (Å²) in [5.41, 5.74) is 3.29. The number of amidine groups is 1. The predicted molar refractivity (Wildman–Crippen MR) is 103 cm³/mol. The third kappa shape index (κ3) is 4.93. The summed E-state index contributed by atoms with van der Waals surface area (Å²) in [6, 6.07) is 14.8. The molecule has 0 heterocycles. The Bertz CT molecular complexity index is 759. The van der Waals surface area contributed by atoms with Crippen LogP contribution in [0, 0.1) is 0 Å². The number of aliphatic imine (C=N–C) groups is 1. The molecule has 0 spiro atoms. The van der Waals surface area contributed by atoms with Crippen molar-refractivity contribution in [1.82, 2.24) is 0 Å². The molecule has 0 radical (unpaired) electrons. The molecule has 0 aliphatic rings. The predicted octanol–water partition coefficient (Wildman–Crippen LogP) is 5.60. The van der Waals surface area contributed by atoms with Crippen molar-refractivity contribution in [2.24, 2.45) is 4.99 Å². The Morgan fingerprint density at radius 2 is 1.83 bits per heavy atom. The molecule has 0 aliphatic heterocycles. The number of nitrogens with zero attached hydrogens (tertiary/aromatic N) is 1. The SMILES string of the molecule is C=C/C=C(\N=C(CC)Nc1ccc(C=O)cc1)c1ccc(Cl)cc1.